The first kappa shape index (κ1) is 22.2. The molecule has 1 aliphatic rings. The molecule has 35 heavy (non-hydrogen) atoms. The van der Waals surface area contributed by atoms with Crippen LogP contribution in [0, 0.1) is 0 Å². The smallest absolute Gasteiger partial charge is 0.338 e. The van der Waals surface area contributed by atoms with Gasteiger partial charge in [-0.05, 0) is 37.3 Å². The Labute approximate surface area is 201 Å². The molecule has 0 spiro atoms. The Kier molecular flexibility index (Phi) is 6.17. The monoisotopic (exact) mass is 470 g/mol. The summed E-state index contributed by atoms with van der Waals surface area (Å²) >= 11 is 0. The minimum Gasteiger partial charge on any atom is -0.483 e. The fourth-order valence-corrected chi connectivity index (χ4v) is 3.73. The number of nitrogens with one attached hydrogen (secondary N) is 1. The number of hydrogen-bond donors (Lipinski definition) is 1. The lowest BCUT2D eigenvalue weighted by atomic mass is 10.1. The number of rotatable bonds is 7. The van der Waals surface area contributed by atoms with Crippen molar-refractivity contribution < 1.29 is 28.5 Å². The molecule has 8 nitrogen and oxygen atoms in total. The van der Waals surface area contributed by atoms with Gasteiger partial charge in [0.25, 0.3) is 5.91 Å². The Morgan fingerprint density at radius 3 is 2.63 bits per heavy atom. The molecule has 5 rings (SSSR count). The topological polar surface area (TPSA) is 96.0 Å². The van der Waals surface area contributed by atoms with Crippen molar-refractivity contribution >= 4 is 28.5 Å². The van der Waals surface area contributed by atoms with Crippen molar-refractivity contribution in [3.05, 3.63) is 78.4 Å². The molecule has 1 aliphatic heterocycles. The van der Waals surface area contributed by atoms with Crippen molar-refractivity contribution in [2.45, 2.75) is 6.92 Å². The van der Waals surface area contributed by atoms with E-state index in [0.717, 1.165) is 5.56 Å². The Bertz CT molecular complexity index is 1400. The molecule has 0 atom stereocenters. The zero-order valence-corrected chi connectivity index (χ0v) is 18.9. The molecule has 0 aliphatic carbocycles. The lowest BCUT2D eigenvalue weighted by Gasteiger charge is -2.13. The number of fused-ring (bicyclic) bond motifs is 2. The maximum absolute atomic E-state index is 12.6. The minimum absolute atomic E-state index is 0.155. The number of aromatic nitrogens is 1. The third-order valence-electron chi connectivity index (χ3n) is 5.37. The highest BCUT2D eigenvalue weighted by Crippen LogP contribution is 2.34. The molecule has 0 radical (unpaired) electrons. The molecule has 176 valence electrons. The highest BCUT2D eigenvalue weighted by molar-refractivity contribution is 5.97. The van der Waals surface area contributed by atoms with E-state index in [1.807, 2.05) is 30.3 Å². The van der Waals surface area contributed by atoms with Crippen LogP contribution >= 0.6 is 0 Å². The number of nitrogens with zero attached hydrogens (tertiary/aromatic N) is 1. The van der Waals surface area contributed by atoms with E-state index < -0.39 is 5.97 Å². The Morgan fingerprint density at radius 2 is 1.80 bits per heavy atom. The van der Waals surface area contributed by atoms with Crippen molar-refractivity contribution in [2.75, 3.05) is 25.3 Å². The summed E-state index contributed by atoms with van der Waals surface area (Å²) in [6.45, 7) is 1.93. The van der Waals surface area contributed by atoms with Crippen LogP contribution in [0.15, 0.2) is 72.8 Å². The average molecular weight is 470 g/mol. The van der Waals surface area contributed by atoms with E-state index in [1.54, 1.807) is 49.4 Å². The summed E-state index contributed by atoms with van der Waals surface area (Å²) in [5.41, 5.74) is 3.16. The number of amides is 1. The summed E-state index contributed by atoms with van der Waals surface area (Å²) in [6, 6.07) is 21.6. The molecule has 0 saturated heterocycles. The molecule has 4 aromatic rings. The molecular weight excluding hydrogens is 448 g/mol. The summed E-state index contributed by atoms with van der Waals surface area (Å²) < 4.78 is 21.7. The number of carbonyl (C=O) groups excluding carboxylic acids is 2. The standard InChI is InChI=1S/C27H22N2O6/c1-2-32-27(31)18-8-10-21-20(12-18)24(14-22(29-21)17-6-4-3-5-7-17)33-15-26(30)28-19-9-11-23-25(13-19)35-16-34-23/h3-14H,2,15-16H2,1H3,(H,28,30). The van der Waals surface area contributed by atoms with E-state index in [1.165, 1.54) is 0 Å². The molecular formula is C27H22N2O6. The zero-order valence-electron chi connectivity index (χ0n) is 18.9. The van der Waals surface area contributed by atoms with Gasteiger partial charge in [0, 0.05) is 28.8 Å². The van der Waals surface area contributed by atoms with Gasteiger partial charge in [0.15, 0.2) is 18.1 Å². The van der Waals surface area contributed by atoms with E-state index in [2.05, 4.69) is 5.32 Å². The van der Waals surface area contributed by atoms with Gasteiger partial charge in [-0.3, -0.25) is 4.79 Å². The molecule has 2 heterocycles. The third-order valence-corrected chi connectivity index (χ3v) is 5.37. The van der Waals surface area contributed by atoms with Crippen LogP contribution in [0.25, 0.3) is 22.2 Å². The van der Waals surface area contributed by atoms with Crippen molar-refractivity contribution in [2.24, 2.45) is 0 Å². The number of pyridine rings is 1. The molecule has 8 heteroatoms. The Balaban J connectivity index is 1.42. The summed E-state index contributed by atoms with van der Waals surface area (Å²) in [5, 5.41) is 3.40. The first-order valence-corrected chi connectivity index (χ1v) is 11.1. The Morgan fingerprint density at radius 1 is 0.971 bits per heavy atom. The summed E-state index contributed by atoms with van der Waals surface area (Å²) in [4.78, 5) is 29.6. The first-order chi connectivity index (χ1) is 17.1. The lowest BCUT2D eigenvalue weighted by Crippen LogP contribution is -2.20. The average Bonchev–Trinajstić information content (AvgIpc) is 3.35. The summed E-state index contributed by atoms with van der Waals surface area (Å²) in [6.07, 6.45) is 0. The van der Waals surface area contributed by atoms with Crippen LogP contribution in [0.5, 0.6) is 17.2 Å². The highest BCUT2D eigenvalue weighted by Gasteiger charge is 2.16. The zero-order chi connectivity index (χ0) is 24.2. The predicted octanol–water partition coefficient (Wildman–Crippen LogP) is 4.82. The molecule has 0 fully saturated rings. The van der Waals surface area contributed by atoms with Gasteiger partial charge in [-0.25, -0.2) is 9.78 Å². The van der Waals surface area contributed by atoms with Gasteiger partial charge in [-0.2, -0.15) is 0 Å². The molecule has 0 bridgehead atoms. The number of benzene rings is 3. The normalized spacial score (nSPS) is 11.8. The largest absolute Gasteiger partial charge is 0.483 e. The third kappa shape index (κ3) is 4.86. The van der Waals surface area contributed by atoms with Gasteiger partial charge in [0.2, 0.25) is 6.79 Å². The molecule has 0 unspecified atom stereocenters. The molecule has 3 aromatic carbocycles. The SMILES string of the molecule is CCOC(=O)c1ccc2nc(-c3ccccc3)cc(OCC(=O)Nc3ccc4c(c3)OCO4)c2c1. The van der Waals surface area contributed by atoms with Gasteiger partial charge >= 0.3 is 5.97 Å². The maximum atomic E-state index is 12.6. The highest BCUT2D eigenvalue weighted by atomic mass is 16.7. The fourth-order valence-electron chi connectivity index (χ4n) is 3.73. The van der Waals surface area contributed by atoms with Crippen molar-refractivity contribution in [3.63, 3.8) is 0 Å². The second-order valence-electron chi connectivity index (χ2n) is 7.73. The second kappa shape index (κ2) is 9.72. The predicted molar refractivity (Wildman–Crippen MR) is 130 cm³/mol. The number of anilines is 1. The van der Waals surface area contributed by atoms with E-state index >= 15 is 0 Å². The van der Waals surface area contributed by atoms with Crippen molar-refractivity contribution in [1.29, 1.82) is 0 Å². The van der Waals surface area contributed by atoms with Crippen LogP contribution in [0.4, 0.5) is 5.69 Å². The van der Waals surface area contributed by atoms with Gasteiger partial charge < -0.3 is 24.3 Å². The Hall–Kier alpha value is -4.59. The van der Waals surface area contributed by atoms with Gasteiger partial charge in [-0.15, -0.1) is 0 Å². The first-order valence-electron chi connectivity index (χ1n) is 11.1. The summed E-state index contributed by atoms with van der Waals surface area (Å²) in [7, 11) is 0. The van der Waals surface area contributed by atoms with Crippen LogP contribution in [0.1, 0.15) is 17.3 Å². The summed E-state index contributed by atoms with van der Waals surface area (Å²) in [5.74, 6) is 0.849. The van der Waals surface area contributed by atoms with Crippen LogP contribution in [-0.4, -0.2) is 36.9 Å². The van der Waals surface area contributed by atoms with Gasteiger partial charge in [0.1, 0.15) is 5.75 Å². The van der Waals surface area contributed by atoms with Gasteiger partial charge in [-0.1, -0.05) is 30.3 Å². The van der Waals surface area contributed by atoms with E-state index in [-0.39, 0.29) is 25.9 Å². The number of carbonyl (C=O) groups is 2. The second-order valence-corrected chi connectivity index (χ2v) is 7.73. The van der Waals surface area contributed by atoms with Crippen LogP contribution in [0.3, 0.4) is 0 Å². The molecule has 0 saturated carbocycles. The van der Waals surface area contributed by atoms with E-state index in [0.29, 0.717) is 45.1 Å². The number of esters is 1. The molecule has 1 N–H and O–H groups in total. The van der Waals surface area contributed by atoms with Crippen LogP contribution in [-0.2, 0) is 9.53 Å². The van der Waals surface area contributed by atoms with E-state index in [4.69, 9.17) is 23.9 Å². The number of hydrogen-bond acceptors (Lipinski definition) is 7. The minimum atomic E-state index is -0.437. The lowest BCUT2D eigenvalue weighted by molar-refractivity contribution is -0.118. The van der Waals surface area contributed by atoms with Gasteiger partial charge in [0.05, 0.1) is 23.4 Å². The van der Waals surface area contributed by atoms with Crippen molar-refractivity contribution in [1.82, 2.24) is 4.98 Å². The fraction of sp³-hybridized carbons (Fsp3) is 0.148. The van der Waals surface area contributed by atoms with Crippen LogP contribution < -0.4 is 19.5 Å². The van der Waals surface area contributed by atoms with Crippen molar-refractivity contribution in [3.8, 4) is 28.5 Å². The van der Waals surface area contributed by atoms with Crippen LogP contribution in [0.2, 0.25) is 0 Å². The number of ether oxygens (including phenoxy) is 4. The van der Waals surface area contributed by atoms with E-state index in [9.17, 15) is 9.59 Å². The quantitative estimate of drug-likeness (QED) is 0.387. The molecule has 1 aromatic heterocycles. The maximum Gasteiger partial charge on any atom is 0.338 e. The molecule has 1 amide bonds.